The van der Waals surface area contributed by atoms with Crippen LogP contribution in [0.5, 0.6) is 5.75 Å². The SMILES string of the molecule is COc1cc(-n2nc(CC(C)(C)C)nc2CSc2ccccc2)ccc1F. The average molecular weight is 386 g/mol. The van der Waals surface area contributed by atoms with Gasteiger partial charge in [-0.05, 0) is 29.7 Å². The maximum Gasteiger partial charge on any atom is 0.165 e. The number of halogens is 1. The first-order valence-electron chi connectivity index (χ1n) is 8.82. The number of rotatable bonds is 6. The number of hydrogen-bond donors (Lipinski definition) is 0. The molecule has 0 bridgehead atoms. The molecule has 3 rings (SSSR count). The lowest BCUT2D eigenvalue weighted by molar-refractivity contribution is 0.386. The van der Waals surface area contributed by atoms with Crippen LogP contribution in [-0.2, 0) is 12.2 Å². The highest BCUT2D eigenvalue weighted by molar-refractivity contribution is 7.98. The first kappa shape index (κ1) is 19.4. The molecule has 2 aromatic carbocycles. The van der Waals surface area contributed by atoms with Crippen molar-refractivity contribution in [1.29, 1.82) is 0 Å². The zero-order chi connectivity index (χ0) is 19.4. The van der Waals surface area contributed by atoms with Crippen molar-refractivity contribution in [2.24, 2.45) is 5.41 Å². The number of ether oxygens (including phenoxy) is 1. The van der Waals surface area contributed by atoms with Gasteiger partial charge in [0.1, 0.15) is 5.82 Å². The Morgan fingerprint density at radius 1 is 1.11 bits per heavy atom. The minimum absolute atomic E-state index is 0.0799. The molecule has 0 spiro atoms. The molecule has 0 aliphatic rings. The highest BCUT2D eigenvalue weighted by Gasteiger charge is 2.19. The van der Waals surface area contributed by atoms with Crippen LogP contribution in [0.15, 0.2) is 53.4 Å². The predicted octanol–water partition coefficient (Wildman–Crippen LogP) is 5.30. The second-order valence-electron chi connectivity index (χ2n) is 7.51. The van der Waals surface area contributed by atoms with Gasteiger partial charge in [0.15, 0.2) is 17.4 Å². The van der Waals surface area contributed by atoms with Gasteiger partial charge in [0.25, 0.3) is 0 Å². The van der Waals surface area contributed by atoms with Crippen molar-refractivity contribution in [1.82, 2.24) is 14.8 Å². The molecule has 142 valence electrons. The summed E-state index contributed by atoms with van der Waals surface area (Å²) in [5.74, 6) is 2.09. The number of aromatic nitrogens is 3. The van der Waals surface area contributed by atoms with Crippen molar-refractivity contribution in [2.45, 2.75) is 37.8 Å². The Hall–Kier alpha value is -2.34. The fourth-order valence-corrected chi connectivity index (χ4v) is 3.52. The molecule has 0 fully saturated rings. The molecule has 0 amide bonds. The van der Waals surface area contributed by atoms with E-state index in [1.54, 1.807) is 28.6 Å². The van der Waals surface area contributed by atoms with Crippen molar-refractivity contribution < 1.29 is 9.13 Å². The predicted molar refractivity (Wildman–Crippen MR) is 107 cm³/mol. The lowest BCUT2D eigenvalue weighted by Crippen LogP contribution is -2.10. The molecule has 1 aromatic heterocycles. The number of methoxy groups -OCH3 is 1. The van der Waals surface area contributed by atoms with Crippen molar-refractivity contribution in [3.63, 3.8) is 0 Å². The fraction of sp³-hybridized carbons (Fsp3) is 0.333. The monoisotopic (exact) mass is 385 g/mol. The number of nitrogens with zero attached hydrogens (tertiary/aromatic N) is 3. The summed E-state index contributed by atoms with van der Waals surface area (Å²) in [7, 11) is 1.46. The Labute approximate surface area is 163 Å². The van der Waals surface area contributed by atoms with Gasteiger partial charge in [0.05, 0.1) is 18.6 Å². The molecule has 27 heavy (non-hydrogen) atoms. The van der Waals surface area contributed by atoms with E-state index in [-0.39, 0.29) is 11.2 Å². The van der Waals surface area contributed by atoms with Crippen LogP contribution in [0.3, 0.4) is 0 Å². The number of thioether (sulfide) groups is 1. The van der Waals surface area contributed by atoms with Crippen molar-refractivity contribution in [3.05, 3.63) is 66.0 Å². The van der Waals surface area contributed by atoms with Crippen LogP contribution in [0.2, 0.25) is 0 Å². The van der Waals surface area contributed by atoms with Gasteiger partial charge in [-0.2, -0.15) is 5.10 Å². The first-order chi connectivity index (χ1) is 12.9. The Morgan fingerprint density at radius 3 is 2.52 bits per heavy atom. The highest BCUT2D eigenvalue weighted by Crippen LogP contribution is 2.27. The van der Waals surface area contributed by atoms with E-state index in [9.17, 15) is 4.39 Å². The average Bonchev–Trinajstić information content (AvgIpc) is 3.02. The Morgan fingerprint density at radius 2 is 1.85 bits per heavy atom. The van der Waals surface area contributed by atoms with E-state index < -0.39 is 5.82 Å². The molecule has 0 radical (unpaired) electrons. The minimum Gasteiger partial charge on any atom is -0.494 e. The number of benzene rings is 2. The molecule has 3 aromatic rings. The van der Waals surface area contributed by atoms with E-state index in [2.05, 4.69) is 32.9 Å². The van der Waals surface area contributed by atoms with E-state index >= 15 is 0 Å². The summed E-state index contributed by atoms with van der Waals surface area (Å²) in [4.78, 5) is 5.93. The fourth-order valence-electron chi connectivity index (χ4n) is 2.69. The Bertz CT molecular complexity index is 904. The quantitative estimate of drug-likeness (QED) is 0.540. The summed E-state index contributed by atoms with van der Waals surface area (Å²) in [6.45, 7) is 6.48. The molecule has 1 heterocycles. The van der Waals surface area contributed by atoms with Gasteiger partial charge in [-0.15, -0.1) is 11.8 Å². The molecule has 0 aliphatic heterocycles. The third-order valence-electron chi connectivity index (χ3n) is 3.90. The second kappa shape index (κ2) is 8.13. The van der Waals surface area contributed by atoms with Crippen LogP contribution in [0.1, 0.15) is 32.4 Å². The maximum atomic E-state index is 13.8. The van der Waals surface area contributed by atoms with Crippen LogP contribution in [0.25, 0.3) is 5.69 Å². The largest absolute Gasteiger partial charge is 0.494 e. The van der Waals surface area contributed by atoms with Gasteiger partial charge in [0.2, 0.25) is 0 Å². The van der Waals surface area contributed by atoms with E-state index in [0.717, 1.165) is 23.8 Å². The highest BCUT2D eigenvalue weighted by atomic mass is 32.2. The molecule has 0 atom stereocenters. The lowest BCUT2D eigenvalue weighted by atomic mass is 9.92. The van der Waals surface area contributed by atoms with Crippen LogP contribution in [-0.4, -0.2) is 21.9 Å². The molecule has 0 saturated heterocycles. The van der Waals surface area contributed by atoms with Crippen molar-refractivity contribution in [2.75, 3.05) is 7.11 Å². The first-order valence-corrected chi connectivity index (χ1v) is 9.81. The van der Waals surface area contributed by atoms with Gasteiger partial charge in [-0.1, -0.05) is 39.0 Å². The molecular formula is C21H24FN3OS. The third kappa shape index (κ3) is 5.10. The molecule has 0 N–H and O–H groups in total. The second-order valence-corrected chi connectivity index (χ2v) is 8.56. The van der Waals surface area contributed by atoms with Crippen LogP contribution < -0.4 is 4.74 Å². The molecular weight excluding hydrogens is 361 g/mol. The van der Waals surface area contributed by atoms with Gasteiger partial charge < -0.3 is 4.74 Å². The van der Waals surface area contributed by atoms with E-state index in [1.807, 2.05) is 18.2 Å². The summed E-state index contributed by atoms with van der Waals surface area (Å²) >= 11 is 1.70. The number of hydrogen-bond acceptors (Lipinski definition) is 4. The van der Waals surface area contributed by atoms with Crippen molar-refractivity contribution >= 4 is 11.8 Å². The third-order valence-corrected chi connectivity index (χ3v) is 4.90. The summed E-state index contributed by atoms with van der Waals surface area (Å²) < 4.78 is 20.7. The minimum atomic E-state index is -0.392. The topological polar surface area (TPSA) is 39.9 Å². The Balaban J connectivity index is 1.94. The van der Waals surface area contributed by atoms with Crippen LogP contribution in [0, 0.1) is 11.2 Å². The summed E-state index contributed by atoms with van der Waals surface area (Å²) in [6.07, 6.45) is 0.765. The molecule has 6 heteroatoms. The standard InChI is InChI=1S/C21H24FN3OS/c1-21(2,3)13-19-23-20(14-27-16-8-6-5-7-9-16)25(24-19)15-10-11-17(22)18(12-15)26-4/h5-12H,13-14H2,1-4H3. The van der Waals surface area contributed by atoms with Crippen LogP contribution in [0.4, 0.5) is 4.39 Å². The molecule has 0 unspecified atom stereocenters. The normalized spacial score (nSPS) is 11.6. The summed E-state index contributed by atoms with van der Waals surface area (Å²) in [5, 5.41) is 4.70. The van der Waals surface area contributed by atoms with E-state index in [0.29, 0.717) is 5.75 Å². The summed E-state index contributed by atoms with van der Waals surface area (Å²) in [5.41, 5.74) is 0.820. The van der Waals surface area contributed by atoms with E-state index in [1.165, 1.54) is 18.1 Å². The molecule has 0 aliphatic carbocycles. The van der Waals surface area contributed by atoms with Crippen LogP contribution >= 0.6 is 11.8 Å². The van der Waals surface area contributed by atoms with Gasteiger partial charge in [-0.3, -0.25) is 0 Å². The summed E-state index contributed by atoms with van der Waals surface area (Å²) in [6, 6.07) is 14.9. The Kier molecular flexibility index (Phi) is 5.85. The van der Waals surface area contributed by atoms with Gasteiger partial charge >= 0.3 is 0 Å². The van der Waals surface area contributed by atoms with Gasteiger partial charge in [0, 0.05) is 17.4 Å². The molecule has 0 saturated carbocycles. The van der Waals surface area contributed by atoms with E-state index in [4.69, 9.17) is 14.8 Å². The lowest BCUT2D eigenvalue weighted by Gasteiger charge is -2.14. The smallest absolute Gasteiger partial charge is 0.165 e. The maximum absolute atomic E-state index is 13.8. The molecule has 4 nitrogen and oxygen atoms in total. The zero-order valence-electron chi connectivity index (χ0n) is 16.1. The van der Waals surface area contributed by atoms with Gasteiger partial charge in [-0.25, -0.2) is 14.1 Å². The zero-order valence-corrected chi connectivity index (χ0v) is 16.9. The van der Waals surface area contributed by atoms with Crippen molar-refractivity contribution in [3.8, 4) is 11.4 Å².